The highest BCUT2D eigenvalue weighted by Crippen LogP contribution is 2.17. The molecule has 6 heteroatoms. The summed E-state index contributed by atoms with van der Waals surface area (Å²) in [4.78, 5) is 36.5. The Hall–Kier alpha value is -3.15. The molecule has 0 fully saturated rings. The second kappa shape index (κ2) is 8.10. The zero-order chi connectivity index (χ0) is 18.4. The Morgan fingerprint density at radius 3 is 1.84 bits per heavy atom. The minimum absolute atomic E-state index is 0.0775. The number of aryl methyl sites for hydroxylation is 1. The molecule has 3 amide bonds. The van der Waals surface area contributed by atoms with Gasteiger partial charge in [0.05, 0.1) is 0 Å². The molecule has 0 saturated heterocycles. The Labute approximate surface area is 146 Å². The molecule has 2 aromatic rings. The maximum atomic E-state index is 12.3. The quantitative estimate of drug-likeness (QED) is 0.879. The summed E-state index contributed by atoms with van der Waals surface area (Å²) < 4.78 is 0. The lowest BCUT2D eigenvalue weighted by Crippen LogP contribution is -2.36. The topological polar surface area (TPSA) is 78.5 Å². The van der Waals surface area contributed by atoms with Gasteiger partial charge in [0.15, 0.2) is 0 Å². The number of carbonyl (C=O) groups excluding carboxylic acids is 3. The van der Waals surface area contributed by atoms with Crippen LogP contribution in [0, 0.1) is 6.92 Å². The van der Waals surface area contributed by atoms with Gasteiger partial charge in [-0.1, -0.05) is 17.7 Å². The third-order valence-corrected chi connectivity index (χ3v) is 3.52. The van der Waals surface area contributed by atoms with Crippen LogP contribution in [-0.4, -0.2) is 24.3 Å². The highest BCUT2D eigenvalue weighted by atomic mass is 16.2. The normalized spacial score (nSPS) is 10.0. The molecule has 0 saturated carbocycles. The lowest BCUT2D eigenvalue weighted by molar-refractivity contribution is -0.120. The van der Waals surface area contributed by atoms with Gasteiger partial charge in [0.2, 0.25) is 17.7 Å². The summed E-state index contributed by atoms with van der Waals surface area (Å²) in [5, 5.41) is 5.40. The van der Waals surface area contributed by atoms with Gasteiger partial charge in [-0.2, -0.15) is 0 Å². The summed E-state index contributed by atoms with van der Waals surface area (Å²) in [5.74, 6) is -0.671. The maximum Gasteiger partial charge on any atom is 0.244 e. The van der Waals surface area contributed by atoms with E-state index >= 15 is 0 Å². The molecule has 0 atom stereocenters. The van der Waals surface area contributed by atoms with Crippen molar-refractivity contribution in [1.82, 2.24) is 0 Å². The van der Waals surface area contributed by atoms with Gasteiger partial charge >= 0.3 is 0 Å². The Balaban J connectivity index is 2.02. The molecule has 2 aromatic carbocycles. The first-order valence-electron chi connectivity index (χ1n) is 7.87. The number of rotatable bonds is 5. The second-order valence-corrected chi connectivity index (χ2v) is 5.75. The van der Waals surface area contributed by atoms with Crippen molar-refractivity contribution in [2.45, 2.75) is 20.8 Å². The third kappa shape index (κ3) is 5.46. The van der Waals surface area contributed by atoms with Crippen LogP contribution in [-0.2, 0) is 14.4 Å². The smallest absolute Gasteiger partial charge is 0.244 e. The van der Waals surface area contributed by atoms with Gasteiger partial charge < -0.3 is 15.5 Å². The SMILES string of the molecule is CC(=O)Nc1ccc(NC(=O)CN(C(C)=O)c2ccc(C)cc2)cc1. The van der Waals surface area contributed by atoms with E-state index in [9.17, 15) is 14.4 Å². The summed E-state index contributed by atoms with van der Waals surface area (Å²) in [6.45, 7) is 4.73. The van der Waals surface area contributed by atoms with E-state index in [1.165, 1.54) is 18.7 Å². The predicted molar refractivity (Wildman–Crippen MR) is 98.6 cm³/mol. The fourth-order valence-corrected chi connectivity index (χ4v) is 2.29. The molecule has 25 heavy (non-hydrogen) atoms. The highest BCUT2D eigenvalue weighted by Gasteiger charge is 2.15. The van der Waals surface area contributed by atoms with Gasteiger partial charge in [-0.3, -0.25) is 14.4 Å². The van der Waals surface area contributed by atoms with Gasteiger partial charge in [-0.25, -0.2) is 0 Å². The van der Waals surface area contributed by atoms with Gasteiger partial charge in [0.25, 0.3) is 0 Å². The molecule has 0 bridgehead atoms. The Morgan fingerprint density at radius 2 is 1.36 bits per heavy atom. The van der Waals surface area contributed by atoms with Crippen LogP contribution >= 0.6 is 0 Å². The predicted octanol–water partition coefficient (Wildman–Crippen LogP) is 2.95. The molecule has 2 N–H and O–H groups in total. The number of nitrogens with zero attached hydrogens (tertiary/aromatic N) is 1. The lowest BCUT2D eigenvalue weighted by atomic mass is 10.2. The van der Waals surface area contributed by atoms with Crippen molar-refractivity contribution in [3.8, 4) is 0 Å². The van der Waals surface area contributed by atoms with Gasteiger partial charge in [-0.15, -0.1) is 0 Å². The van der Waals surface area contributed by atoms with Crippen LogP contribution in [0.4, 0.5) is 17.1 Å². The van der Waals surface area contributed by atoms with Crippen molar-refractivity contribution in [2.75, 3.05) is 22.1 Å². The van der Waals surface area contributed by atoms with Crippen LogP contribution in [0.3, 0.4) is 0 Å². The highest BCUT2D eigenvalue weighted by molar-refractivity contribution is 6.02. The molecular weight excluding hydrogens is 318 g/mol. The fraction of sp³-hybridized carbons (Fsp3) is 0.211. The van der Waals surface area contributed by atoms with E-state index in [4.69, 9.17) is 0 Å². The van der Waals surface area contributed by atoms with Gasteiger partial charge in [0, 0.05) is 30.9 Å². The van der Waals surface area contributed by atoms with Crippen LogP contribution in [0.15, 0.2) is 48.5 Å². The zero-order valence-electron chi connectivity index (χ0n) is 14.5. The number of hydrogen-bond donors (Lipinski definition) is 2. The molecule has 6 nitrogen and oxygen atoms in total. The average Bonchev–Trinajstić information content (AvgIpc) is 2.55. The van der Waals surface area contributed by atoms with Crippen LogP contribution < -0.4 is 15.5 Å². The van der Waals surface area contributed by atoms with Crippen molar-refractivity contribution in [2.24, 2.45) is 0 Å². The summed E-state index contributed by atoms with van der Waals surface area (Å²) in [6.07, 6.45) is 0. The van der Waals surface area contributed by atoms with Crippen molar-refractivity contribution < 1.29 is 14.4 Å². The first-order chi connectivity index (χ1) is 11.8. The minimum atomic E-state index is -0.303. The third-order valence-electron chi connectivity index (χ3n) is 3.52. The van der Waals surface area contributed by atoms with Gasteiger partial charge in [0.1, 0.15) is 6.54 Å². The molecule has 0 spiro atoms. The van der Waals surface area contributed by atoms with E-state index in [2.05, 4.69) is 10.6 Å². The number of anilines is 3. The van der Waals surface area contributed by atoms with E-state index < -0.39 is 0 Å². The molecule has 0 heterocycles. The average molecular weight is 339 g/mol. The molecule has 0 aromatic heterocycles. The molecule has 0 radical (unpaired) electrons. The molecule has 2 rings (SSSR count). The molecule has 0 aliphatic heterocycles. The Bertz CT molecular complexity index is 768. The standard InChI is InChI=1S/C19H21N3O3/c1-13-4-10-18(11-5-13)22(15(3)24)12-19(25)21-17-8-6-16(7-9-17)20-14(2)23/h4-11H,12H2,1-3H3,(H,20,23)(H,21,25). The van der Waals surface area contributed by atoms with Crippen LogP contribution in [0.5, 0.6) is 0 Å². The molecule has 0 unspecified atom stereocenters. The molecule has 0 aliphatic carbocycles. The van der Waals surface area contributed by atoms with Crippen molar-refractivity contribution >= 4 is 34.8 Å². The van der Waals surface area contributed by atoms with Crippen LogP contribution in [0.2, 0.25) is 0 Å². The first kappa shape index (κ1) is 18.2. The van der Waals surface area contributed by atoms with Crippen molar-refractivity contribution in [3.63, 3.8) is 0 Å². The number of amides is 3. The number of benzene rings is 2. The van der Waals surface area contributed by atoms with Gasteiger partial charge in [-0.05, 0) is 43.3 Å². The minimum Gasteiger partial charge on any atom is -0.326 e. The number of hydrogen-bond acceptors (Lipinski definition) is 3. The molecule has 130 valence electrons. The van der Waals surface area contributed by atoms with E-state index in [1.54, 1.807) is 24.3 Å². The van der Waals surface area contributed by atoms with Crippen LogP contribution in [0.25, 0.3) is 0 Å². The summed E-state index contributed by atoms with van der Waals surface area (Å²) >= 11 is 0. The lowest BCUT2D eigenvalue weighted by Gasteiger charge is -2.21. The van der Waals surface area contributed by atoms with E-state index in [1.807, 2.05) is 31.2 Å². The fourth-order valence-electron chi connectivity index (χ4n) is 2.29. The number of nitrogens with one attached hydrogen (secondary N) is 2. The summed E-state index contributed by atoms with van der Waals surface area (Å²) in [5.41, 5.74) is 2.99. The molecular formula is C19H21N3O3. The second-order valence-electron chi connectivity index (χ2n) is 5.75. The summed E-state index contributed by atoms with van der Waals surface area (Å²) in [6, 6.07) is 14.2. The first-order valence-corrected chi connectivity index (χ1v) is 7.87. The Kier molecular flexibility index (Phi) is 5.89. The van der Waals surface area contributed by atoms with E-state index in [-0.39, 0.29) is 24.3 Å². The van der Waals surface area contributed by atoms with Crippen LogP contribution in [0.1, 0.15) is 19.4 Å². The maximum absolute atomic E-state index is 12.3. The monoisotopic (exact) mass is 339 g/mol. The number of carbonyl (C=O) groups is 3. The molecule has 0 aliphatic rings. The van der Waals surface area contributed by atoms with E-state index in [0.717, 1.165) is 5.56 Å². The zero-order valence-corrected chi connectivity index (χ0v) is 14.5. The van der Waals surface area contributed by atoms with Crippen molar-refractivity contribution in [3.05, 3.63) is 54.1 Å². The summed E-state index contributed by atoms with van der Waals surface area (Å²) in [7, 11) is 0. The van der Waals surface area contributed by atoms with Crippen molar-refractivity contribution in [1.29, 1.82) is 0 Å². The largest absolute Gasteiger partial charge is 0.326 e. The van der Waals surface area contributed by atoms with E-state index in [0.29, 0.717) is 17.1 Å². The Morgan fingerprint density at radius 1 is 0.840 bits per heavy atom.